The molecule has 1 N–H and O–H groups in total. The molecule has 0 aromatic heterocycles. The number of benzene rings is 1. The summed E-state index contributed by atoms with van der Waals surface area (Å²) in [7, 11) is 0. The number of hydrogen-bond donors (Lipinski definition) is 1. The zero-order valence-corrected chi connectivity index (χ0v) is 10.9. The summed E-state index contributed by atoms with van der Waals surface area (Å²) in [4.78, 5) is 13.0. The number of rotatable bonds is 4. The van der Waals surface area contributed by atoms with Gasteiger partial charge in [-0.1, -0.05) is 12.1 Å². The Labute approximate surface area is 108 Å². The van der Waals surface area contributed by atoms with E-state index in [0.29, 0.717) is 13.2 Å². The highest BCUT2D eigenvalue weighted by Gasteiger charge is 2.18. The van der Waals surface area contributed by atoms with Gasteiger partial charge in [0.1, 0.15) is 12.4 Å². The number of nitrogens with one attached hydrogen (secondary N) is 1. The van der Waals surface area contributed by atoms with Gasteiger partial charge in [0, 0.05) is 13.1 Å². The standard InChI is InChI=1S/C11H13IN2O2/c12-9-3-1-2-4-10(9)16-8-7-14-6-5-13-11(14)15/h1-4H,5-8H2,(H,13,15). The first kappa shape index (κ1) is 11.5. The van der Waals surface area contributed by atoms with E-state index in [1.54, 1.807) is 4.90 Å². The van der Waals surface area contributed by atoms with Crippen molar-refractivity contribution < 1.29 is 9.53 Å². The van der Waals surface area contributed by atoms with E-state index < -0.39 is 0 Å². The van der Waals surface area contributed by atoms with Gasteiger partial charge >= 0.3 is 6.03 Å². The highest BCUT2D eigenvalue weighted by molar-refractivity contribution is 14.1. The summed E-state index contributed by atoms with van der Waals surface area (Å²) >= 11 is 2.23. The molecule has 86 valence electrons. The number of halogens is 1. The fraction of sp³-hybridized carbons (Fsp3) is 0.364. The summed E-state index contributed by atoms with van der Waals surface area (Å²) < 4.78 is 6.71. The largest absolute Gasteiger partial charge is 0.491 e. The van der Waals surface area contributed by atoms with Crippen molar-refractivity contribution in [3.63, 3.8) is 0 Å². The van der Waals surface area contributed by atoms with Gasteiger partial charge < -0.3 is 15.0 Å². The van der Waals surface area contributed by atoms with E-state index in [1.807, 2.05) is 24.3 Å². The Morgan fingerprint density at radius 1 is 1.44 bits per heavy atom. The topological polar surface area (TPSA) is 41.6 Å². The molecule has 1 fully saturated rings. The van der Waals surface area contributed by atoms with Gasteiger partial charge in [-0.15, -0.1) is 0 Å². The minimum Gasteiger partial charge on any atom is -0.491 e. The summed E-state index contributed by atoms with van der Waals surface area (Å²) in [6.07, 6.45) is 0. The SMILES string of the molecule is O=C1NCCN1CCOc1ccccc1I. The first-order valence-electron chi connectivity index (χ1n) is 5.17. The summed E-state index contributed by atoms with van der Waals surface area (Å²) in [6.45, 7) is 2.68. The third-order valence-electron chi connectivity index (χ3n) is 2.40. The first-order chi connectivity index (χ1) is 7.77. The maximum Gasteiger partial charge on any atom is 0.317 e. The molecule has 0 atom stereocenters. The van der Waals surface area contributed by atoms with Crippen LogP contribution in [0, 0.1) is 3.57 Å². The molecule has 1 aliphatic rings. The highest BCUT2D eigenvalue weighted by Crippen LogP contribution is 2.19. The van der Waals surface area contributed by atoms with E-state index in [0.717, 1.165) is 22.4 Å². The molecule has 1 aliphatic heterocycles. The van der Waals surface area contributed by atoms with E-state index in [4.69, 9.17) is 4.74 Å². The van der Waals surface area contributed by atoms with E-state index in [-0.39, 0.29) is 6.03 Å². The maximum atomic E-state index is 11.2. The minimum absolute atomic E-state index is 0.00589. The van der Waals surface area contributed by atoms with Crippen LogP contribution >= 0.6 is 22.6 Å². The molecule has 0 radical (unpaired) electrons. The number of carbonyl (C=O) groups excluding carboxylic acids is 1. The molecule has 0 spiro atoms. The highest BCUT2D eigenvalue weighted by atomic mass is 127. The van der Waals surface area contributed by atoms with Crippen LogP contribution in [0.3, 0.4) is 0 Å². The second-order valence-electron chi connectivity index (χ2n) is 3.50. The molecule has 1 aromatic rings. The Morgan fingerprint density at radius 3 is 2.94 bits per heavy atom. The molecule has 4 nitrogen and oxygen atoms in total. The van der Waals surface area contributed by atoms with Gasteiger partial charge in [0.2, 0.25) is 0 Å². The van der Waals surface area contributed by atoms with Gasteiger partial charge in [-0.2, -0.15) is 0 Å². The summed E-state index contributed by atoms with van der Waals surface area (Å²) in [5.41, 5.74) is 0. The van der Waals surface area contributed by atoms with Crippen molar-refractivity contribution in [1.29, 1.82) is 0 Å². The number of urea groups is 1. The number of para-hydroxylation sites is 1. The lowest BCUT2D eigenvalue weighted by atomic mass is 10.3. The van der Waals surface area contributed by atoms with Crippen LogP contribution in [-0.4, -0.2) is 37.2 Å². The molecule has 16 heavy (non-hydrogen) atoms. The van der Waals surface area contributed by atoms with E-state index >= 15 is 0 Å². The third-order valence-corrected chi connectivity index (χ3v) is 3.29. The van der Waals surface area contributed by atoms with Crippen LogP contribution in [-0.2, 0) is 0 Å². The Kier molecular flexibility index (Phi) is 3.87. The van der Waals surface area contributed by atoms with Gasteiger partial charge in [-0.25, -0.2) is 4.79 Å². The second kappa shape index (κ2) is 5.38. The lowest BCUT2D eigenvalue weighted by Gasteiger charge is -2.14. The molecule has 0 bridgehead atoms. The van der Waals surface area contributed by atoms with Crippen molar-refractivity contribution in [3.8, 4) is 5.75 Å². The van der Waals surface area contributed by atoms with Crippen LogP contribution in [0.1, 0.15) is 0 Å². The molecule has 0 aliphatic carbocycles. The van der Waals surface area contributed by atoms with Crippen LogP contribution in [0.15, 0.2) is 24.3 Å². The smallest absolute Gasteiger partial charge is 0.317 e. The van der Waals surface area contributed by atoms with Gasteiger partial charge in [0.25, 0.3) is 0 Å². The van der Waals surface area contributed by atoms with Crippen LogP contribution in [0.25, 0.3) is 0 Å². The third kappa shape index (κ3) is 2.78. The van der Waals surface area contributed by atoms with Crippen LogP contribution in [0.4, 0.5) is 4.79 Å². The summed E-state index contributed by atoms with van der Waals surface area (Å²) in [5.74, 6) is 0.878. The maximum absolute atomic E-state index is 11.2. The van der Waals surface area contributed by atoms with Gasteiger partial charge in [0.05, 0.1) is 10.1 Å². The number of ether oxygens (including phenoxy) is 1. The monoisotopic (exact) mass is 332 g/mol. The quantitative estimate of drug-likeness (QED) is 0.853. The first-order valence-corrected chi connectivity index (χ1v) is 6.25. The summed E-state index contributed by atoms with van der Waals surface area (Å²) in [6, 6.07) is 7.86. The van der Waals surface area contributed by atoms with E-state index in [9.17, 15) is 4.79 Å². The average molecular weight is 332 g/mol. The minimum atomic E-state index is 0.00589. The van der Waals surface area contributed by atoms with Crippen LogP contribution < -0.4 is 10.1 Å². The van der Waals surface area contributed by atoms with Crippen molar-refractivity contribution in [2.45, 2.75) is 0 Å². The van der Waals surface area contributed by atoms with Crippen molar-refractivity contribution >= 4 is 28.6 Å². The van der Waals surface area contributed by atoms with Crippen molar-refractivity contribution in [2.75, 3.05) is 26.2 Å². The zero-order valence-electron chi connectivity index (χ0n) is 8.78. The van der Waals surface area contributed by atoms with E-state index in [2.05, 4.69) is 27.9 Å². The van der Waals surface area contributed by atoms with Crippen molar-refractivity contribution in [3.05, 3.63) is 27.8 Å². The predicted molar refractivity (Wildman–Crippen MR) is 69.6 cm³/mol. The molecular weight excluding hydrogens is 319 g/mol. The molecule has 1 saturated heterocycles. The molecular formula is C11H13IN2O2. The molecule has 2 rings (SSSR count). The predicted octanol–water partition coefficient (Wildman–Crippen LogP) is 1.70. The lowest BCUT2D eigenvalue weighted by Crippen LogP contribution is -2.31. The number of nitrogens with zero attached hydrogens (tertiary/aromatic N) is 1. The number of amides is 2. The Bertz CT molecular complexity index is 384. The second-order valence-corrected chi connectivity index (χ2v) is 4.66. The zero-order chi connectivity index (χ0) is 11.4. The van der Waals surface area contributed by atoms with Crippen LogP contribution in [0.2, 0.25) is 0 Å². The molecule has 0 saturated carbocycles. The fourth-order valence-electron chi connectivity index (χ4n) is 1.55. The normalized spacial score (nSPS) is 15.1. The fourth-order valence-corrected chi connectivity index (χ4v) is 2.10. The Balaban J connectivity index is 1.80. The molecule has 1 aromatic carbocycles. The molecule has 2 amide bonds. The van der Waals surface area contributed by atoms with Crippen molar-refractivity contribution in [2.24, 2.45) is 0 Å². The molecule has 0 unspecified atom stereocenters. The Morgan fingerprint density at radius 2 is 2.25 bits per heavy atom. The molecule has 5 heteroatoms. The average Bonchev–Trinajstić information content (AvgIpc) is 2.67. The number of carbonyl (C=O) groups is 1. The van der Waals surface area contributed by atoms with E-state index in [1.165, 1.54) is 0 Å². The van der Waals surface area contributed by atoms with Gasteiger partial charge in [-0.05, 0) is 34.7 Å². The number of hydrogen-bond acceptors (Lipinski definition) is 2. The summed E-state index contributed by atoms with van der Waals surface area (Å²) in [5, 5.41) is 2.76. The van der Waals surface area contributed by atoms with Gasteiger partial charge in [-0.3, -0.25) is 0 Å². The Hall–Kier alpha value is -0.980. The molecule has 1 heterocycles. The van der Waals surface area contributed by atoms with Crippen LogP contribution in [0.5, 0.6) is 5.75 Å². The van der Waals surface area contributed by atoms with Crippen molar-refractivity contribution in [1.82, 2.24) is 10.2 Å². The van der Waals surface area contributed by atoms with Gasteiger partial charge in [0.15, 0.2) is 0 Å². The lowest BCUT2D eigenvalue weighted by molar-refractivity contribution is 0.202.